The lowest BCUT2D eigenvalue weighted by Crippen LogP contribution is -2.13. The van der Waals surface area contributed by atoms with Crippen LogP contribution in [0.25, 0.3) is 0 Å². The molecule has 0 spiro atoms. The highest BCUT2D eigenvalue weighted by molar-refractivity contribution is 5.66. The minimum Gasteiger partial charge on any atom is -0.507 e. The third-order valence-electron chi connectivity index (χ3n) is 3.30. The lowest BCUT2D eigenvalue weighted by molar-refractivity contribution is -0.137. The van der Waals surface area contributed by atoms with Crippen molar-refractivity contribution >= 4 is 5.97 Å². The fourth-order valence-electron chi connectivity index (χ4n) is 2.16. The van der Waals surface area contributed by atoms with Crippen LogP contribution in [0.5, 0.6) is 5.75 Å². The third kappa shape index (κ3) is 4.27. The summed E-state index contributed by atoms with van der Waals surface area (Å²) in [5, 5.41) is 19.0. The second kappa shape index (κ2) is 6.09. The minimum atomic E-state index is -0.790. The fourth-order valence-corrected chi connectivity index (χ4v) is 2.16. The molecule has 19 heavy (non-hydrogen) atoms. The molecule has 0 bridgehead atoms. The van der Waals surface area contributed by atoms with Gasteiger partial charge in [0.2, 0.25) is 0 Å². The molecule has 0 aromatic heterocycles. The first-order chi connectivity index (χ1) is 8.75. The number of benzene rings is 1. The van der Waals surface area contributed by atoms with Crippen LogP contribution < -0.4 is 0 Å². The normalized spacial score (nSPS) is 11.6. The van der Waals surface area contributed by atoms with Crippen LogP contribution in [0.1, 0.15) is 57.2 Å². The molecule has 0 aliphatic heterocycles. The van der Waals surface area contributed by atoms with Gasteiger partial charge >= 0.3 is 5.97 Å². The SMILES string of the molecule is CCc1cc(CCCC(=O)O)c(O)c(C(C)(C)C)c1. The number of rotatable bonds is 5. The van der Waals surface area contributed by atoms with E-state index in [1.165, 1.54) is 5.56 Å². The Morgan fingerprint density at radius 2 is 1.89 bits per heavy atom. The fraction of sp³-hybridized carbons (Fsp3) is 0.562. The van der Waals surface area contributed by atoms with Crippen LogP contribution in [-0.4, -0.2) is 16.2 Å². The molecule has 0 amide bonds. The van der Waals surface area contributed by atoms with E-state index in [-0.39, 0.29) is 11.8 Å². The Morgan fingerprint density at radius 3 is 2.37 bits per heavy atom. The van der Waals surface area contributed by atoms with Crippen molar-refractivity contribution in [1.82, 2.24) is 0 Å². The quantitative estimate of drug-likeness (QED) is 0.853. The summed E-state index contributed by atoms with van der Waals surface area (Å²) >= 11 is 0. The second-order valence-electron chi connectivity index (χ2n) is 6.00. The van der Waals surface area contributed by atoms with E-state index in [9.17, 15) is 9.90 Å². The smallest absolute Gasteiger partial charge is 0.303 e. The van der Waals surface area contributed by atoms with E-state index in [2.05, 4.69) is 33.8 Å². The van der Waals surface area contributed by atoms with Gasteiger partial charge in [-0.15, -0.1) is 0 Å². The van der Waals surface area contributed by atoms with Crippen molar-refractivity contribution in [3.05, 3.63) is 28.8 Å². The molecule has 0 aliphatic rings. The molecular formula is C16H24O3. The molecule has 1 aromatic rings. The maximum absolute atomic E-state index is 10.6. The molecule has 0 saturated carbocycles. The van der Waals surface area contributed by atoms with Gasteiger partial charge in [0.1, 0.15) is 5.75 Å². The molecule has 0 atom stereocenters. The summed E-state index contributed by atoms with van der Waals surface area (Å²) in [6.07, 6.45) is 2.21. The van der Waals surface area contributed by atoms with Gasteiger partial charge in [0.05, 0.1) is 0 Å². The number of phenols is 1. The van der Waals surface area contributed by atoms with Crippen LogP contribution in [0.15, 0.2) is 12.1 Å². The summed E-state index contributed by atoms with van der Waals surface area (Å²) in [6, 6.07) is 4.04. The Hall–Kier alpha value is -1.51. The monoisotopic (exact) mass is 264 g/mol. The first-order valence-electron chi connectivity index (χ1n) is 6.82. The molecule has 106 valence electrons. The molecule has 0 saturated heterocycles. The topological polar surface area (TPSA) is 57.5 Å². The molecular weight excluding hydrogens is 240 g/mol. The molecule has 0 radical (unpaired) electrons. The van der Waals surface area contributed by atoms with Crippen LogP contribution >= 0.6 is 0 Å². The van der Waals surface area contributed by atoms with Gasteiger partial charge in [0.15, 0.2) is 0 Å². The Morgan fingerprint density at radius 1 is 1.26 bits per heavy atom. The van der Waals surface area contributed by atoms with Gasteiger partial charge < -0.3 is 10.2 Å². The second-order valence-corrected chi connectivity index (χ2v) is 6.00. The number of aliphatic carboxylic acids is 1. The number of aryl methyl sites for hydroxylation is 2. The molecule has 2 N–H and O–H groups in total. The van der Waals surface area contributed by atoms with Gasteiger partial charge in [0.25, 0.3) is 0 Å². The zero-order valence-electron chi connectivity index (χ0n) is 12.3. The summed E-state index contributed by atoms with van der Waals surface area (Å²) in [6.45, 7) is 8.30. The van der Waals surface area contributed by atoms with E-state index in [1.54, 1.807) is 0 Å². The maximum Gasteiger partial charge on any atom is 0.303 e. The largest absolute Gasteiger partial charge is 0.507 e. The van der Waals surface area contributed by atoms with Crippen molar-refractivity contribution in [3.63, 3.8) is 0 Å². The number of phenolic OH excluding ortho intramolecular Hbond substituents is 1. The Bertz CT molecular complexity index is 456. The van der Waals surface area contributed by atoms with Gasteiger partial charge in [-0.1, -0.05) is 39.8 Å². The summed E-state index contributed by atoms with van der Waals surface area (Å²) in [7, 11) is 0. The molecule has 0 heterocycles. The van der Waals surface area contributed by atoms with Crippen molar-refractivity contribution in [2.75, 3.05) is 0 Å². The maximum atomic E-state index is 10.6. The third-order valence-corrected chi connectivity index (χ3v) is 3.30. The lowest BCUT2D eigenvalue weighted by atomic mass is 9.83. The molecule has 0 fully saturated rings. The molecule has 0 aliphatic carbocycles. The number of aromatic hydroxyl groups is 1. The van der Waals surface area contributed by atoms with Gasteiger partial charge in [-0.25, -0.2) is 0 Å². The highest BCUT2D eigenvalue weighted by Crippen LogP contribution is 2.35. The van der Waals surface area contributed by atoms with Crippen molar-refractivity contribution in [2.45, 2.75) is 58.8 Å². The number of carboxylic acids is 1. The van der Waals surface area contributed by atoms with Gasteiger partial charge in [0, 0.05) is 6.42 Å². The van der Waals surface area contributed by atoms with E-state index in [0.717, 1.165) is 17.5 Å². The standard InChI is InChI=1S/C16H24O3/c1-5-11-9-12(7-6-8-14(17)18)15(19)13(10-11)16(2,3)4/h9-10,19H,5-8H2,1-4H3,(H,17,18). The number of hydrogen-bond donors (Lipinski definition) is 2. The van der Waals surface area contributed by atoms with Crippen LogP contribution in [0.4, 0.5) is 0 Å². The van der Waals surface area contributed by atoms with E-state index < -0.39 is 5.97 Å². The molecule has 1 rings (SSSR count). The Kier molecular flexibility index (Phi) is 4.98. The van der Waals surface area contributed by atoms with Crippen LogP contribution in [0.2, 0.25) is 0 Å². The van der Waals surface area contributed by atoms with E-state index in [4.69, 9.17) is 5.11 Å². The molecule has 3 heteroatoms. The lowest BCUT2D eigenvalue weighted by Gasteiger charge is -2.23. The first-order valence-corrected chi connectivity index (χ1v) is 6.82. The van der Waals surface area contributed by atoms with Gasteiger partial charge in [-0.2, -0.15) is 0 Å². The summed E-state index contributed by atoms with van der Waals surface area (Å²) in [5.74, 6) is -0.461. The van der Waals surface area contributed by atoms with E-state index in [1.807, 2.05) is 6.07 Å². The summed E-state index contributed by atoms with van der Waals surface area (Å²) < 4.78 is 0. The zero-order valence-corrected chi connectivity index (χ0v) is 12.3. The zero-order chi connectivity index (χ0) is 14.6. The Balaban J connectivity index is 3.06. The van der Waals surface area contributed by atoms with E-state index in [0.29, 0.717) is 18.6 Å². The molecule has 0 unspecified atom stereocenters. The van der Waals surface area contributed by atoms with Gasteiger partial charge in [-0.3, -0.25) is 4.79 Å². The van der Waals surface area contributed by atoms with E-state index >= 15 is 0 Å². The highest BCUT2D eigenvalue weighted by atomic mass is 16.4. The van der Waals surface area contributed by atoms with Crippen molar-refractivity contribution < 1.29 is 15.0 Å². The predicted molar refractivity (Wildman–Crippen MR) is 76.8 cm³/mol. The summed E-state index contributed by atoms with van der Waals surface area (Å²) in [5.41, 5.74) is 2.88. The number of carbonyl (C=O) groups is 1. The highest BCUT2D eigenvalue weighted by Gasteiger charge is 2.21. The average Bonchev–Trinajstić information content (AvgIpc) is 2.29. The van der Waals surface area contributed by atoms with Crippen molar-refractivity contribution in [1.29, 1.82) is 0 Å². The minimum absolute atomic E-state index is 0.114. The first kappa shape index (κ1) is 15.5. The van der Waals surface area contributed by atoms with Crippen LogP contribution in [-0.2, 0) is 23.1 Å². The van der Waals surface area contributed by atoms with Crippen molar-refractivity contribution in [3.8, 4) is 5.75 Å². The average molecular weight is 264 g/mol. The van der Waals surface area contributed by atoms with Crippen LogP contribution in [0.3, 0.4) is 0 Å². The molecule has 3 nitrogen and oxygen atoms in total. The number of hydrogen-bond acceptors (Lipinski definition) is 2. The van der Waals surface area contributed by atoms with Crippen molar-refractivity contribution in [2.24, 2.45) is 0 Å². The van der Waals surface area contributed by atoms with Crippen LogP contribution in [0, 0.1) is 0 Å². The van der Waals surface area contributed by atoms with Gasteiger partial charge in [-0.05, 0) is 41.4 Å². The predicted octanol–water partition coefficient (Wildman–Crippen LogP) is 3.66. The summed E-state index contributed by atoms with van der Waals surface area (Å²) in [4.78, 5) is 10.6. The Labute approximate surface area is 115 Å². The molecule has 1 aromatic carbocycles. The number of carboxylic acid groups (broad SMARTS) is 1.